The van der Waals surface area contributed by atoms with Gasteiger partial charge in [0.2, 0.25) is 0 Å². The number of benzene rings is 1. The molecule has 0 aliphatic rings. The second-order valence-electron chi connectivity index (χ2n) is 6.91. The summed E-state index contributed by atoms with van der Waals surface area (Å²) in [5.41, 5.74) is 2.21. The van der Waals surface area contributed by atoms with Crippen LogP contribution in [-0.4, -0.2) is 75.3 Å². The summed E-state index contributed by atoms with van der Waals surface area (Å²) in [4.78, 5) is 13.2. The van der Waals surface area contributed by atoms with Crippen LogP contribution in [0.2, 0.25) is 0 Å². The van der Waals surface area contributed by atoms with E-state index in [4.69, 9.17) is 9.47 Å². The molecule has 1 aromatic carbocycles. The number of hydrogen-bond acceptors (Lipinski definition) is 6. The van der Waals surface area contributed by atoms with Crippen molar-refractivity contribution in [2.24, 2.45) is 4.99 Å². The van der Waals surface area contributed by atoms with E-state index in [9.17, 15) is 0 Å². The molecule has 0 amide bonds. The second kappa shape index (κ2) is 14.6. The van der Waals surface area contributed by atoms with E-state index >= 15 is 0 Å². The molecule has 2 rings (SSSR count). The molecule has 0 bridgehead atoms. The number of hydrogen-bond donors (Lipinski definition) is 1. The Morgan fingerprint density at radius 3 is 2.67 bits per heavy atom. The Bertz CT molecular complexity index is 771. The molecule has 168 valence electrons. The molecule has 0 aliphatic heterocycles. The SMILES string of the molecule is CN=C(NCc1cccc(OCCN(C)CCOC)c1)N(C)Cc1csc(C)n1.I. The molecule has 0 aliphatic carbocycles. The lowest BCUT2D eigenvalue weighted by molar-refractivity contribution is 0.150. The molecule has 1 N–H and O–H groups in total. The minimum absolute atomic E-state index is 0. The Balaban J connectivity index is 0.00000450. The van der Waals surface area contributed by atoms with Crippen molar-refractivity contribution in [3.63, 3.8) is 0 Å². The van der Waals surface area contributed by atoms with E-state index in [-0.39, 0.29) is 24.0 Å². The largest absolute Gasteiger partial charge is 0.492 e. The van der Waals surface area contributed by atoms with Gasteiger partial charge in [0, 0.05) is 46.2 Å². The third-order valence-electron chi connectivity index (χ3n) is 4.41. The van der Waals surface area contributed by atoms with Crippen LogP contribution in [0.15, 0.2) is 34.6 Å². The highest BCUT2D eigenvalue weighted by molar-refractivity contribution is 14.0. The first-order valence-electron chi connectivity index (χ1n) is 9.74. The normalized spacial score (nSPS) is 11.3. The van der Waals surface area contributed by atoms with Crippen molar-refractivity contribution in [2.45, 2.75) is 20.0 Å². The van der Waals surface area contributed by atoms with Crippen molar-refractivity contribution >= 4 is 41.3 Å². The maximum atomic E-state index is 5.90. The minimum atomic E-state index is 0. The number of ether oxygens (including phenoxy) is 2. The molecule has 9 heteroatoms. The van der Waals surface area contributed by atoms with Crippen LogP contribution in [0.25, 0.3) is 0 Å². The van der Waals surface area contributed by atoms with E-state index in [1.165, 1.54) is 0 Å². The van der Waals surface area contributed by atoms with Gasteiger partial charge in [-0.25, -0.2) is 4.98 Å². The monoisotopic (exact) mass is 547 g/mol. The Morgan fingerprint density at radius 1 is 1.23 bits per heavy atom. The molecule has 2 aromatic rings. The van der Waals surface area contributed by atoms with Crippen LogP contribution in [0.1, 0.15) is 16.3 Å². The molecule has 30 heavy (non-hydrogen) atoms. The number of guanidine groups is 1. The van der Waals surface area contributed by atoms with Gasteiger partial charge in [-0.05, 0) is 31.7 Å². The zero-order valence-corrected chi connectivity index (χ0v) is 21.7. The van der Waals surface area contributed by atoms with Crippen LogP contribution in [0.4, 0.5) is 0 Å². The third kappa shape index (κ3) is 9.59. The predicted molar refractivity (Wildman–Crippen MR) is 135 cm³/mol. The average molecular weight is 548 g/mol. The number of nitrogens with one attached hydrogen (secondary N) is 1. The molecule has 0 radical (unpaired) electrons. The highest BCUT2D eigenvalue weighted by atomic mass is 127. The van der Waals surface area contributed by atoms with E-state index in [2.05, 4.69) is 49.7 Å². The third-order valence-corrected chi connectivity index (χ3v) is 5.23. The number of aryl methyl sites for hydroxylation is 1. The first kappa shape index (κ1) is 26.6. The van der Waals surface area contributed by atoms with Crippen LogP contribution in [0.3, 0.4) is 0 Å². The summed E-state index contributed by atoms with van der Waals surface area (Å²) in [6, 6.07) is 8.16. The van der Waals surface area contributed by atoms with Crippen molar-refractivity contribution in [3.8, 4) is 5.75 Å². The summed E-state index contributed by atoms with van der Waals surface area (Å²) in [6.45, 7) is 6.57. The van der Waals surface area contributed by atoms with E-state index < -0.39 is 0 Å². The quantitative estimate of drug-likeness (QED) is 0.265. The topological polar surface area (TPSA) is 62.2 Å². The van der Waals surface area contributed by atoms with Gasteiger partial charge in [-0.1, -0.05) is 12.1 Å². The molecule has 0 saturated carbocycles. The van der Waals surface area contributed by atoms with Crippen molar-refractivity contribution in [1.82, 2.24) is 20.1 Å². The number of nitrogens with zero attached hydrogens (tertiary/aromatic N) is 4. The highest BCUT2D eigenvalue weighted by Gasteiger charge is 2.09. The lowest BCUT2D eigenvalue weighted by Gasteiger charge is -2.21. The van der Waals surface area contributed by atoms with E-state index in [0.717, 1.165) is 54.2 Å². The number of methoxy groups -OCH3 is 1. The van der Waals surface area contributed by atoms with Gasteiger partial charge in [-0.3, -0.25) is 4.99 Å². The van der Waals surface area contributed by atoms with Gasteiger partial charge in [0.05, 0.1) is 23.9 Å². The van der Waals surface area contributed by atoms with Crippen LogP contribution >= 0.6 is 35.3 Å². The molecule has 7 nitrogen and oxygen atoms in total. The Hall–Kier alpha value is -1.43. The summed E-state index contributed by atoms with van der Waals surface area (Å²) in [5, 5.41) is 6.58. The first-order chi connectivity index (χ1) is 14.0. The molecular weight excluding hydrogens is 513 g/mol. The number of likely N-dealkylation sites (N-methyl/N-ethyl adjacent to an activating group) is 1. The van der Waals surface area contributed by atoms with Gasteiger partial charge in [-0.15, -0.1) is 35.3 Å². The summed E-state index contributed by atoms with van der Waals surface area (Å²) in [6.07, 6.45) is 0. The molecule has 1 heterocycles. The maximum absolute atomic E-state index is 5.90. The van der Waals surface area contributed by atoms with E-state index in [1.807, 2.05) is 26.1 Å². The van der Waals surface area contributed by atoms with Gasteiger partial charge in [0.15, 0.2) is 5.96 Å². The van der Waals surface area contributed by atoms with Crippen LogP contribution < -0.4 is 10.1 Å². The average Bonchev–Trinajstić information content (AvgIpc) is 3.11. The number of rotatable bonds is 11. The smallest absolute Gasteiger partial charge is 0.194 e. The fourth-order valence-electron chi connectivity index (χ4n) is 2.79. The minimum Gasteiger partial charge on any atom is -0.492 e. The fourth-order valence-corrected chi connectivity index (χ4v) is 3.39. The number of aliphatic imine (C=N–C) groups is 1. The zero-order chi connectivity index (χ0) is 21.1. The Morgan fingerprint density at radius 2 is 2.00 bits per heavy atom. The van der Waals surface area contributed by atoms with Crippen molar-refractivity contribution in [3.05, 3.63) is 45.9 Å². The molecule has 1 aromatic heterocycles. The number of halogens is 1. The van der Waals surface area contributed by atoms with Crippen molar-refractivity contribution in [2.75, 3.05) is 54.6 Å². The highest BCUT2D eigenvalue weighted by Crippen LogP contribution is 2.14. The summed E-state index contributed by atoms with van der Waals surface area (Å²) in [7, 11) is 7.60. The maximum Gasteiger partial charge on any atom is 0.194 e. The van der Waals surface area contributed by atoms with Crippen LogP contribution in [-0.2, 0) is 17.8 Å². The van der Waals surface area contributed by atoms with Crippen molar-refractivity contribution < 1.29 is 9.47 Å². The number of thiazole rings is 1. The van der Waals surface area contributed by atoms with Crippen LogP contribution in [0.5, 0.6) is 5.75 Å². The van der Waals surface area contributed by atoms with Crippen molar-refractivity contribution in [1.29, 1.82) is 0 Å². The van der Waals surface area contributed by atoms with Gasteiger partial charge in [0.25, 0.3) is 0 Å². The lowest BCUT2D eigenvalue weighted by Crippen LogP contribution is -2.38. The second-order valence-corrected chi connectivity index (χ2v) is 7.97. The van der Waals surface area contributed by atoms with Gasteiger partial charge < -0.3 is 24.6 Å². The molecule has 0 fully saturated rings. The summed E-state index contributed by atoms with van der Waals surface area (Å²) < 4.78 is 11.0. The van der Waals surface area contributed by atoms with E-state index in [1.54, 1.807) is 25.5 Å². The number of aromatic nitrogens is 1. The van der Waals surface area contributed by atoms with Crippen LogP contribution in [0, 0.1) is 6.92 Å². The standard InChI is InChI=1S/C21H33N5O2S.HI/c1-17-24-19(16-29-17)15-26(4)21(22-2)23-14-18-7-6-8-20(13-18)28-12-10-25(3)9-11-27-5;/h6-8,13,16H,9-12,14-15H2,1-5H3,(H,22,23);1H. The zero-order valence-electron chi connectivity index (χ0n) is 18.6. The molecule has 0 atom stereocenters. The summed E-state index contributed by atoms with van der Waals surface area (Å²) in [5.74, 6) is 1.72. The molecular formula is C21H34IN5O2S. The predicted octanol–water partition coefficient (Wildman–Crippen LogP) is 3.23. The lowest BCUT2D eigenvalue weighted by atomic mass is 10.2. The van der Waals surface area contributed by atoms with Gasteiger partial charge >= 0.3 is 0 Å². The molecule has 0 saturated heterocycles. The first-order valence-corrected chi connectivity index (χ1v) is 10.6. The van der Waals surface area contributed by atoms with Gasteiger partial charge in [-0.2, -0.15) is 0 Å². The Kier molecular flexibility index (Phi) is 12.9. The molecule has 0 unspecified atom stereocenters. The molecule has 0 spiro atoms. The van der Waals surface area contributed by atoms with Gasteiger partial charge in [0.1, 0.15) is 12.4 Å². The Labute approximate surface area is 201 Å². The van der Waals surface area contributed by atoms with E-state index in [0.29, 0.717) is 13.2 Å². The fraction of sp³-hybridized carbons (Fsp3) is 0.524. The summed E-state index contributed by atoms with van der Waals surface area (Å²) >= 11 is 1.67.